The van der Waals surface area contributed by atoms with Gasteiger partial charge in [0.2, 0.25) is 0 Å². The van der Waals surface area contributed by atoms with Crippen molar-refractivity contribution in [2.24, 2.45) is 11.8 Å². The molecule has 1 saturated heterocycles. The second-order valence-corrected chi connectivity index (χ2v) is 8.92. The molecule has 0 N–H and O–H groups in total. The van der Waals surface area contributed by atoms with Crippen LogP contribution in [0.2, 0.25) is 0 Å². The smallest absolute Gasteiger partial charge is 0.338 e. The molecule has 5 heteroatoms. The Hall–Kier alpha value is -0.920. The number of allylic oxidation sites excluding steroid dienone is 1. The molecule has 1 aliphatic rings. The van der Waals surface area contributed by atoms with Gasteiger partial charge in [-0.05, 0) is 50.3 Å². The third-order valence-corrected chi connectivity index (χ3v) is 5.47. The molecular formula is C22H31IO4. The summed E-state index contributed by atoms with van der Waals surface area (Å²) in [5, 5.41) is 0. The monoisotopic (exact) mass is 486 g/mol. The van der Waals surface area contributed by atoms with E-state index < -0.39 is 11.9 Å². The number of hydrogen-bond acceptors (Lipinski definition) is 4. The Labute approximate surface area is 176 Å². The maximum Gasteiger partial charge on any atom is 0.338 e. The number of esters is 1. The van der Waals surface area contributed by atoms with Gasteiger partial charge in [0, 0.05) is 4.43 Å². The third kappa shape index (κ3) is 6.57. The van der Waals surface area contributed by atoms with Crippen LogP contribution in [0.25, 0.3) is 0 Å². The minimum Gasteiger partial charge on any atom is -0.452 e. The average Bonchev–Trinajstić information content (AvgIpc) is 2.93. The Morgan fingerprint density at radius 2 is 1.85 bits per heavy atom. The molecule has 0 spiro atoms. The van der Waals surface area contributed by atoms with Crippen molar-refractivity contribution in [3.8, 4) is 0 Å². The number of carbonyl (C=O) groups excluding carboxylic acids is 1. The molecular weight excluding hydrogens is 455 g/mol. The summed E-state index contributed by atoms with van der Waals surface area (Å²) >= 11 is 2.34. The second-order valence-electron chi connectivity index (χ2n) is 7.84. The van der Waals surface area contributed by atoms with Crippen molar-refractivity contribution in [2.45, 2.75) is 65.1 Å². The lowest BCUT2D eigenvalue weighted by Crippen LogP contribution is -2.38. The van der Waals surface area contributed by atoms with Gasteiger partial charge in [-0.2, -0.15) is 0 Å². The number of halogens is 1. The highest BCUT2D eigenvalue weighted by molar-refractivity contribution is 14.1. The fraction of sp³-hybridized carbons (Fsp3) is 0.591. The van der Waals surface area contributed by atoms with Crippen LogP contribution in [0.1, 0.15) is 51.4 Å². The van der Waals surface area contributed by atoms with Crippen molar-refractivity contribution in [1.82, 2.24) is 0 Å². The van der Waals surface area contributed by atoms with Crippen molar-refractivity contribution < 1.29 is 19.0 Å². The maximum atomic E-state index is 12.7. The topological polar surface area (TPSA) is 44.8 Å². The highest BCUT2D eigenvalue weighted by Crippen LogP contribution is 2.34. The van der Waals surface area contributed by atoms with Crippen LogP contribution < -0.4 is 0 Å². The molecule has 2 unspecified atom stereocenters. The van der Waals surface area contributed by atoms with Crippen LogP contribution in [-0.2, 0) is 14.2 Å². The van der Waals surface area contributed by atoms with Crippen LogP contribution in [0.5, 0.6) is 0 Å². The molecule has 0 saturated carbocycles. The van der Waals surface area contributed by atoms with E-state index in [2.05, 4.69) is 49.4 Å². The molecule has 27 heavy (non-hydrogen) atoms. The van der Waals surface area contributed by atoms with Crippen LogP contribution in [0.3, 0.4) is 0 Å². The zero-order chi connectivity index (χ0) is 20.0. The van der Waals surface area contributed by atoms with Gasteiger partial charge in [-0.25, -0.2) is 4.79 Å². The molecule has 0 amide bonds. The van der Waals surface area contributed by atoms with Gasteiger partial charge in [0.25, 0.3) is 0 Å². The van der Waals surface area contributed by atoms with Crippen LogP contribution >= 0.6 is 22.6 Å². The summed E-state index contributed by atoms with van der Waals surface area (Å²) < 4.78 is 19.1. The highest BCUT2D eigenvalue weighted by Gasteiger charge is 2.45. The normalized spacial score (nSPS) is 24.3. The molecule has 0 bridgehead atoms. The summed E-state index contributed by atoms with van der Waals surface area (Å²) in [4.78, 5) is 12.7. The Balaban J connectivity index is 2.24. The van der Waals surface area contributed by atoms with Gasteiger partial charge < -0.3 is 14.2 Å². The fourth-order valence-electron chi connectivity index (χ4n) is 2.96. The lowest BCUT2D eigenvalue weighted by molar-refractivity contribution is -0.153. The molecule has 4 atom stereocenters. The summed E-state index contributed by atoms with van der Waals surface area (Å²) in [7, 11) is 0. The molecule has 0 aromatic heterocycles. The molecule has 1 aliphatic heterocycles. The largest absolute Gasteiger partial charge is 0.452 e. The van der Waals surface area contributed by atoms with E-state index in [1.165, 1.54) is 0 Å². The number of benzene rings is 1. The zero-order valence-corrected chi connectivity index (χ0v) is 19.0. The van der Waals surface area contributed by atoms with E-state index in [0.29, 0.717) is 17.4 Å². The summed E-state index contributed by atoms with van der Waals surface area (Å²) in [6.45, 7) is 10.3. The maximum absolute atomic E-state index is 12.7. The van der Waals surface area contributed by atoms with Crippen LogP contribution in [0.15, 0.2) is 42.5 Å². The SMILES string of the molecule is CC(C)[C@H](C)/C=C\C(OC(=O)c1ccccc1)C1OC(C)(C)O[C@H]1CCI. The minimum absolute atomic E-state index is 0.107. The van der Waals surface area contributed by atoms with E-state index in [9.17, 15) is 4.79 Å². The van der Waals surface area contributed by atoms with E-state index in [4.69, 9.17) is 14.2 Å². The predicted molar refractivity (Wildman–Crippen MR) is 116 cm³/mol. The summed E-state index contributed by atoms with van der Waals surface area (Å²) in [5.74, 6) is -0.143. The Morgan fingerprint density at radius 1 is 1.19 bits per heavy atom. The van der Waals surface area contributed by atoms with E-state index in [-0.39, 0.29) is 18.2 Å². The molecule has 1 heterocycles. The van der Waals surface area contributed by atoms with Crippen LogP contribution in [0, 0.1) is 11.8 Å². The van der Waals surface area contributed by atoms with Gasteiger partial charge in [-0.15, -0.1) is 0 Å². The standard InChI is InChI=1S/C22H31IO4/c1-15(2)16(3)11-12-18(25-21(24)17-9-7-6-8-10-17)20-19(13-14-23)26-22(4,5)27-20/h6-12,15-16,18-20H,13-14H2,1-5H3/b12-11-/t16-,18?,19+,20?/m1/s1. The van der Waals surface area contributed by atoms with Gasteiger partial charge >= 0.3 is 5.97 Å². The summed E-state index contributed by atoms with van der Waals surface area (Å²) in [5.41, 5.74) is 0.538. The first kappa shape index (κ1) is 22.4. The van der Waals surface area contributed by atoms with Crippen LogP contribution in [-0.4, -0.2) is 34.5 Å². The lowest BCUT2D eigenvalue weighted by Gasteiger charge is -2.25. The molecule has 2 rings (SSSR count). The van der Waals surface area contributed by atoms with E-state index in [0.717, 1.165) is 10.8 Å². The minimum atomic E-state index is -0.684. The number of hydrogen-bond donors (Lipinski definition) is 0. The first-order valence-electron chi connectivity index (χ1n) is 9.59. The van der Waals surface area contributed by atoms with E-state index >= 15 is 0 Å². The number of carbonyl (C=O) groups is 1. The van der Waals surface area contributed by atoms with Gasteiger partial charge in [-0.1, -0.05) is 67.6 Å². The van der Waals surface area contributed by atoms with Crippen molar-refractivity contribution in [3.05, 3.63) is 48.0 Å². The molecule has 150 valence electrons. The van der Waals surface area contributed by atoms with Crippen LogP contribution in [0.4, 0.5) is 0 Å². The Bertz CT molecular complexity index is 626. The Morgan fingerprint density at radius 3 is 2.44 bits per heavy atom. The second kappa shape index (κ2) is 10.0. The predicted octanol–water partition coefficient (Wildman–Crippen LogP) is 5.41. The molecule has 1 fully saturated rings. The summed E-state index contributed by atoms with van der Waals surface area (Å²) in [6.07, 6.45) is 4.02. The van der Waals surface area contributed by atoms with Crippen molar-refractivity contribution >= 4 is 28.6 Å². The van der Waals surface area contributed by atoms with Crippen molar-refractivity contribution in [1.29, 1.82) is 0 Å². The number of rotatable bonds is 8. The van der Waals surface area contributed by atoms with E-state index in [1.54, 1.807) is 12.1 Å². The quantitative estimate of drug-likeness (QED) is 0.214. The highest BCUT2D eigenvalue weighted by atomic mass is 127. The molecule has 0 aliphatic carbocycles. The molecule has 0 radical (unpaired) electrons. The first-order valence-corrected chi connectivity index (χ1v) is 11.1. The number of alkyl halides is 1. The molecule has 4 nitrogen and oxygen atoms in total. The third-order valence-electron chi connectivity index (χ3n) is 4.85. The Kier molecular flexibility index (Phi) is 8.31. The van der Waals surface area contributed by atoms with E-state index in [1.807, 2.05) is 38.1 Å². The van der Waals surface area contributed by atoms with Crippen molar-refractivity contribution in [3.63, 3.8) is 0 Å². The fourth-order valence-corrected chi connectivity index (χ4v) is 3.57. The zero-order valence-electron chi connectivity index (χ0n) is 16.9. The number of ether oxygens (including phenoxy) is 3. The van der Waals surface area contributed by atoms with Gasteiger partial charge in [0.05, 0.1) is 11.7 Å². The average molecular weight is 486 g/mol. The first-order chi connectivity index (χ1) is 12.7. The molecule has 1 aromatic carbocycles. The van der Waals surface area contributed by atoms with Gasteiger partial charge in [0.15, 0.2) is 5.79 Å². The van der Waals surface area contributed by atoms with Crippen molar-refractivity contribution in [2.75, 3.05) is 4.43 Å². The molecule has 1 aromatic rings. The van der Waals surface area contributed by atoms with Gasteiger partial charge in [0.1, 0.15) is 12.2 Å². The summed E-state index contributed by atoms with van der Waals surface area (Å²) in [6, 6.07) is 9.07. The lowest BCUT2D eigenvalue weighted by atomic mass is 9.96. The van der Waals surface area contributed by atoms with Gasteiger partial charge in [-0.3, -0.25) is 0 Å².